The molecule has 1 atom stereocenters. The molecule has 0 aromatic heterocycles. The Hall–Kier alpha value is -2.04. The van der Waals surface area contributed by atoms with E-state index in [1.54, 1.807) is 7.11 Å². The van der Waals surface area contributed by atoms with Gasteiger partial charge in [0, 0.05) is 12.1 Å². The second kappa shape index (κ2) is 9.94. The van der Waals surface area contributed by atoms with Gasteiger partial charge in [-0.1, -0.05) is 43.7 Å². The predicted octanol–water partition coefficient (Wildman–Crippen LogP) is 4.60. The first kappa shape index (κ1) is 20.7. The molecule has 0 amide bonds. The van der Waals surface area contributed by atoms with Crippen molar-refractivity contribution in [2.75, 3.05) is 33.4 Å². The van der Waals surface area contributed by atoms with Crippen LogP contribution in [0.25, 0.3) is 0 Å². The van der Waals surface area contributed by atoms with Crippen molar-refractivity contribution >= 4 is 0 Å². The summed E-state index contributed by atoms with van der Waals surface area (Å²) in [6.45, 7) is 6.28. The Kier molecular flexibility index (Phi) is 7.35. The molecule has 1 unspecified atom stereocenters. The first-order valence-corrected chi connectivity index (χ1v) is 10.5. The average Bonchev–Trinajstić information content (AvgIpc) is 2.77. The summed E-state index contributed by atoms with van der Waals surface area (Å²) >= 11 is 0. The van der Waals surface area contributed by atoms with Crippen LogP contribution in [0.3, 0.4) is 0 Å². The van der Waals surface area contributed by atoms with Crippen LogP contribution in [-0.4, -0.2) is 43.4 Å². The number of hydrogen-bond acceptors (Lipinski definition) is 4. The van der Waals surface area contributed by atoms with Crippen LogP contribution in [0.5, 0.6) is 11.5 Å². The van der Waals surface area contributed by atoms with Gasteiger partial charge in [-0.3, -0.25) is 0 Å². The fraction of sp³-hybridized carbons (Fsp3) is 0.500. The van der Waals surface area contributed by atoms with Crippen LogP contribution in [0.15, 0.2) is 48.5 Å². The summed E-state index contributed by atoms with van der Waals surface area (Å²) in [5.41, 5.74) is 0.551. The van der Waals surface area contributed by atoms with Gasteiger partial charge in [-0.2, -0.15) is 0 Å². The van der Waals surface area contributed by atoms with Crippen molar-refractivity contribution in [2.45, 2.75) is 44.6 Å². The molecule has 0 saturated carbocycles. The lowest BCUT2D eigenvalue weighted by molar-refractivity contribution is 0.0736. The van der Waals surface area contributed by atoms with Crippen molar-refractivity contribution in [3.05, 3.63) is 59.7 Å². The van der Waals surface area contributed by atoms with Crippen LogP contribution in [0.1, 0.15) is 50.2 Å². The molecule has 4 heteroatoms. The number of nitrogens with zero attached hydrogens (tertiary/aromatic N) is 1. The largest absolute Gasteiger partial charge is 0.496 e. The highest BCUT2D eigenvalue weighted by Crippen LogP contribution is 2.38. The van der Waals surface area contributed by atoms with Crippen molar-refractivity contribution in [1.29, 1.82) is 0 Å². The fourth-order valence-electron chi connectivity index (χ4n) is 4.02. The van der Waals surface area contributed by atoms with Crippen molar-refractivity contribution in [1.82, 2.24) is 4.90 Å². The third-order valence-corrected chi connectivity index (χ3v) is 5.73. The van der Waals surface area contributed by atoms with E-state index in [0.29, 0.717) is 12.2 Å². The maximum absolute atomic E-state index is 11.4. The number of piperidine rings is 1. The average molecular weight is 384 g/mol. The Morgan fingerprint density at radius 3 is 2.39 bits per heavy atom. The first-order valence-electron chi connectivity index (χ1n) is 10.5. The smallest absolute Gasteiger partial charge is 0.125 e. The first-order chi connectivity index (χ1) is 13.7. The van der Waals surface area contributed by atoms with E-state index >= 15 is 0 Å². The number of methoxy groups -OCH3 is 1. The van der Waals surface area contributed by atoms with Crippen LogP contribution in [0, 0.1) is 0 Å². The van der Waals surface area contributed by atoms with E-state index in [4.69, 9.17) is 9.47 Å². The molecular weight excluding hydrogens is 350 g/mol. The van der Waals surface area contributed by atoms with Crippen molar-refractivity contribution < 1.29 is 14.6 Å². The lowest BCUT2D eigenvalue weighted by atomic mass is 9.83. The van der Waals surface area contributed by atoms with Gasteiger partial charge in [-0.05, 0) is 62.5 Å². The van der Waals surface area contributed by atoms with Gasteiger partial charge < -0.3 is 19.5 Å². The third-order valence-electron chi connectivity index (χ3n) is 5.73. The number of ether oxygens (including phenoxy) is 2. The summed E-state index contributed by atoms with van der Waals surface area (Å²) in [4.78, 5) is 2.53. The normalized spacial score (nSPS) is 17.1. The van der Waals surface area contributed by atoms with E-state index in [1.165, 1.54) is 32.4 Å². The maximum Gasteiger partial charge on any atom is 0.125 e. The molecule has 1 fully saturated rings. The van der Waals surface area contributed by atoms with Gasteiger partial charge in [0.05, 0.1) is 13.7 Å². The second-order valence-electron chi connectivity index (χ2n) is 7.54. The monoisotopic (exact) mass is 383 g/mol. The number of benzene rings is 2. The summed E-state index contributed by atoms with van der Waals surface area (Å²) in [6.07, 6.45) is 5.63. The lowest BCUT2D eigenvalue weighted by Crippen LogP contribution is -2.31. The highest BCUT2D eigenvalue weighted by molar-refractivity contribution is 5.45. The molecule has 1 aliphatic rings. The van der Waals surface area contributed by atoms with E-state index in [-0.39, 0.29) is 0 Å². The molecule has 152 valence electrons. The summed E-state index contributed by atoms with van der Waals surface area (Å²) < 4.78 is 11.4. The second-order valence-corrected chi connectivity index (χ2v) is 7.54. The number of likely N-dealkylation sites (tertiary alicyclic amines) is 1. The van der Waals surface area contributed by atoms with Gasteiger partial charge in [-0.25, -0.2) is 0 Å². The standard InChI is InChI=1S/C24H33NO3/c1-3-24(26,22-10-5-6-11-23(22)27-2)20-12-14-21(15-13-20)28-19-9-18-25-16-7-4-8-17-25/h5-6,10-15,26H,3-4,7-9,16-19H2,1-2H3. The summed E-state index contributed by atoms with van der Waals surface area (Å²) in [7, 11) is 1.63. The lowest BCUT2D eigenvalue weighted by Gasteiger charge is -2.29. The van der Waals surface area contributed by atoms with Crippen molar-refractivity contribution in [3.63, 3.8) is 0 Å². The molecule has 28 heavy (non-hydrogen) atoms. The molecule has 1 saturated heterocycles. The van der Waals surface area contributed by atoms with Crippen LogP contribution < -0.4 is 9.47 Å². The fourth-order valence-corrected chi connectivity index (χ4v) is 4.02. The van der Waals surface area contributed by atoms with E-state index in [1.807, 2.05) is 55.5 Å². The molecule has 0 bridgehead atoms. The SMILES string of the molecule is CCC(O)(c1ccc(OCCCN2CCCCC2)cc1)c1ccccc1OC. The van der Waals surface area contributed by atoms with Crippen molar-refractivity contribution in [2.24, 2.45) is 0 Å². The summed E-state index contributed by atoms with van der Waals surface area (Å²) in [6, 6.07) is 15.5. The predicted molar refractivity (Wildman–Crippen MR) is 113 cm³/mol. The Morgan fingerprint density at radius 2 is 1.71 bits per heavy atom. The molecule has 1 N–H and O–H groups in total. The van der Waals surface area contributed by atoms with Crippen LogP contribution in [0.2, 0.25) is 0 Å². The van der Waals surface area contributed by atoms with Gasteiger partial charge in [-0.15, -0.1) is 0 Å². The molecular formula is C24H33NO3. The highest BCUT2D eigenvalue weighted by Gasteiger charge is 2.32. The molecule has 4 nitrogen and oxygen atoms in total. The molecule has 1 aliphatic heterocycles. The van der Waals surface area contributed by atoms with Gasteiger partial charge in [0.15, 0.2) is 0 Å². The van der Waals surface area contributed by atoms with Crippen LogP contribution in [-0.2, 0) is 5.60 Å². The molecule has 0 radical (unpaired) electrons. The van der Waals surface area contributed by atoms with E-state index in [2.05, 4.69) is 4.90 Å². The quantitative estimate of drug-likeness (QED) is 0.643. The van der Waals surface area contributed by atoms with Crippen molar-refractivity contribution in [3.8, 4) is 11.5 Å². The van der Waals surface area contributed by atoms with Gasteiger partial charge in [0.2, 0.25) is 0 Å². The molecule has 2 aromatic carbocycles. The topological polar surface area (TPSA) is 41.9 Å². The molecule has 0 aliphatic carbocycles. The van der Waals surface area contributed by atoms with Gasteiger partial charge >= 0.3 is 0 Å². The maximum atomic E-state index is 11.4. The summed E-state index contributed by atoms with van der Waals surface area (Å²) in [5.74, 6) is 1.55. The minimum Gasteiger partial charge on any atom is -0.496 e. The zero-order chi connectivity index (χ0) is 19.8. The third kappa shape index (κ3) is 4.86. The molecule has 0 spiro atoms. The Balaban J connectivity index is 1.60. The Morgan fingerprint density at radius 1 is 1.00 bits per heavy atom. The minimum absolute atomic E-state index is 0.559. The van der Waals surface area contributed by atoms with E-state index < -0.39 is 5.60 Å². The zero-order valence-corrected chi connectivity index (χ0v) is 17.2. The van der Waals surface area contributed by atoms with Crippen LogP contribution in [0.4, 0.5) is 0 Å². The van der Waals surface area contributed by atoms with E-state index in [0.717, 1.165) is 36.4 Å². The van der Waals surface area contributed by atoms with Crippen LogP contribution >= 0.6 is 0 Å². The zero-order valence-electron chi connectivity index (χ0n) is 17.2. The summed E-state index contributed by atoms with van der Waals surface area (Å²) in [5, 5.41) is 11.4. The molecule has 3 rings (SSSR count). The van der Waals surface area contributed by atoms with E-state index in [9.17, 15) is 5.11 Å². The number of rotatable bonds is 9. The Labute approximate surface area is 169 Å². The number of aliphatic hydroxyl groups is 1. The van der Waals surface area contributed by atoms with Gasteiger partial charge in [0.25, 0.3) is 0 Å². The molecule has 1 heterocycles. The Bertz CT molecular complexity index is 725. The molecule has 2 aromatic rings. The van der Waals surface area contributed by atoms with Gasteiger partial charge in [0.1, 0.15) is 17.1 Å². The minimum atomic E-state index is -1.08. The highest BCUT2D eigenvalue weighted by atomic mass is 16.5. The number of para-hydroxylation sites is 1. The number of hydrogen-bond donors (Lipinski definition) is 1.